The zero-order valence-electron chi connectivity index (χ0n) is 11.5. The topological polar surface area (TPSA) is 90.0 Å². The molecular weight excluding hydrogens is 252 g/mol. The third-order valence-electron chi connectivity index (χ3n) is 1.44. The predicted octanol–water partition coefficient (Wildman–Crippen LogP) is 1.42. The number of hydrogen-bond acceptors (Lipinski definition) is 6. The Morgan fingerprint density at radius 2 is 1.47 bits per heavy atom. The summed E-state index contributed by atoms with van der Waals surface area (Å²) in [5, 5.41) is 7.07. The van der Waals surface area contributed by atoms with Gasteiger partial charge in [0.15, 0.2) is 5.90 Å². The Labute approximate surface area is 113 Å². The van der Waals surface area contributed by atoms with Crippen molar-refractivity contribution >= 4 is 17.8 Å². The third-order valence-corrected chi connectivity index (χ3v) is 1.44. The number of carbonyl (C=O) groups excluding carboxylic acids is 2. The molecular formula is C12H20N2O5. The van der Waals surface area contributed by atoms with E-state index in [1.807, 2.05) is 0 Å². The monoisotopic (exact) mass is 272 g/mol. The molecule has 0 saturated heterocycles. The van der Waals surface area contributed by atoms with Crippen molar-refractivity contribution in [2.75, 3.05) is 26.4 Å². The summed E-state index contributed by atoms with van der Waals surface area (Å²) in [7, 11) is 0. The van der Waals surface area contributed by atoms with Gasteiger partial charge in [-0.15, -0.1) is 0 Å². The number of hydrogen-bond donors (Lipinski definition) is 1. The average molecular weight is 272 g/mol. The van der Waals surface area contributed by atoms with E-state index >= 15 is 0 Å². The summed E-state index contributed by atoms with van der Waals surface area (Å²) in [5.74, 6) is -0.889. The van der Waals surface area contributed by atoms with Gasteiger partial charge in [-0.3, -0.25) is 10.2 Å². The van der Waals surface area contributed by atoms with Gasteiger partial charge in [-0.05, 0) is 20.8 Å². The SMILES string of the molecule is CCOC(=N)CC(=O)OCC.[C-]#[N+]CC(=O)OCC. The summed E-state index contributed by atoms with van der Waals surface area (Å²) in [6, 6.07) is 0. The van der Waals surface area contributed by atoms with E-state index in [1.54, 1.807) is 20.8 Å². The minimum atomic E-state index is -0.442. The second-order valence-electron chi connectivity index (χ2n) is 2.96. The maximum Gasteiger partial charge on any atom is 0.387 e. The molecule has 0 rings (SSSR count). The highest BCUT2D eigenvalue weighted by molar-refractivity contribution is 5.92. The quantitative estimate of drug-likeness (QED) is 0.342. The van der Waals surface area contributed by atoms with Gasteiger partial charge in [-0.1, -0.05) is 0 Å². The van der Waals surface area contributed by atoms with E-state index in [0.29, 0.717) is 19.8 Å². The van der Waals surface area contributed by atoms with Crippen LogP contribution >= 0.6 is 0 Å². The largest absolute Gasteiger partial charge is 0.481 e. The van der Waals surface area contributed by atoms with Crippen molar-refractivity contribution in [3.63, 3.8) is 0 Å². The van der Waals surface area contributed by atoms with Crippen LogP contribution < -0.4 is 0 Å². The molecule has 108 valence electrons. The molecule has 0 unspecified atom stereocenters. The zero-order chi connectivity index (χ0) is 15.1. The van der Waals surface area contributed by atoms with Crippen LogP contribution in [0.2, 0.25) is 0 Å². The Kier molecular flexibility index (Phi) is 14.1. The third kappa shape index (κ3) is 15.9. The van der Waals surface area contributed by atoms with E-state index in [4.69, 9.17) is 16.7 Å². The number of carbonyl (C=O) groups is 2. The lowest BCUT2D eigenvalue weighted by molar-refractivity contribution is -0.142. The van der Waals surface area contributed by atoms with Crippen LogP contribution in [0.1, 0.15) is 27.2 Å². The molecule has 0 bridgehead atoms. The summed E-state index contributed by atoms with van der Waals surface area (Å²) < 4.78 is 13.8. The first-order valence-electron chi connectivity index (χ1n) is 5.86. The highest BCUT2D eigenvalue weighted by Crippen LogP contribution is 1.90. The Bertz CT molecular complexity index is 307. The fraction of sp³-hybridized carbons (Fsp3) is 0.667. The predicted molar refractivity (Wildman–Crippen MR) is 68.7 cm³/mol. The molecule has 0 heterocycles. The molecule has 0 amide bonds. The zero-order valence-corrected chi connectivity index (χ0v) is 11.5. The lowest BCUT2D eigenvalue weighted by Crippen LogP contribution is -2.12. The van der Waals surface area contributed by atoms with Crippen molar-refractivity contribution in [1.29, 1.82) is 5.41 Å². The van der Waals surface area contributed by atoms with Crippen LogP contribution in [0.5, 0.6) is 0 Å². The molecule has 7 heteroatoms. The fourth-order valence-corrected chi connectivity index (χ4v) is 0.840. The smallest absolute Gasteiger partial charge is 0.387 e. The maximum atomic E-state index is 10.7. The molecule has 0 aliphatic heterocycles. The highest BCUT2D eigenvalue weighted by Gasteiger charge is 2.06. The van der Waals surface area contributed by atoms with E-state index in [2.05, 4.69) is 14.3 Å². The van der Waals surface area contributed by atoms with Crippen molar-refractivity contribution in [3.8, 4) is 0 Å². The number of ether oxygens (including phenoxy) is 3. The number of nitrogens with zero attached hydrogens (tertiary/aromatic N) is 1. The fourth-order valence-electron chi connectivity index (χ4n) is 0.840. The Morgan fingerprint density at radius 1 is 1.00 bits per heavy atom. The molecule has 0 spiro atoms. The summed E-state index contributed by atoms with van der Waals surface area (Å²) in [6.07, 6.45) is -0.0678. The van der Waals surface area contributed by atoms with Gasteiger partial charge in [-0.25, -0.2) is 11.4 Å². The molecule has 0 saturated carbocycles. The van der Waals surface area contributed by atoms with Gasteiger partial charge in [-0.2, -0.15) is 0 Å². The van der Waals surface area contributed by atoms with E-state index in [-0.39, 0.29) is 18.9 Å². The van der Waals surface area contributed by atoms with Crippen molar-refractivity contribution in [2.45, 2.75) is 27.2 Å². The van der Waals surface area contributed by atoms with Crippen molar-refractivity contribution in [3.05, 3.63) is 11.4 Å². The second-order valence-corrected chi connectivity index (χ2v) is 2.96. The minimum Gasteiger partial charge on any atom is -0.481 e. The van der Waals surface area contributed by atoms with E-state index in [9.17, 15) is 9.59 Å². The Morgan fingerprint density at radius 3 is 1.89 bits per heavy atom. The van der Waals surface area contributed by atoms with Crippen LogP contribution in [0.4, 0.5) is 0 Å². The normalized spacial score (nSPS) is 8.32. The summed E-state index contributed by atoms with van der Waals surface area (Å²) in [6.45, 7) is 12.4. The van der Waals surface area contributed by atoms with E-state index in [0.717, 1.165) is 0 Å². The van der Waals surface area contributed by atoms with Gasteiger partial charge in [0, 0.05) is 0 Å². The standard InChI is InChI=1S/C7H13NO3.C5H7NO2/c1-3-10-6(8)5-7(9)11-4-2;1-3-8-5(7)4-6-2/h8H,3-5H2,1-2H3;3-4H2,1H3. The van der Waals surface area contributed by atoms with Crippen LogP contribution in [0.3, 0.4) is 0 Å². The average Bonchev–Trinajstić information content (AvgIpc) is 2.30. The van der Waals surface area contributed by atoms with Gasteiger partial charge in [0.1, 0.15) is 6.42 Å². The lowest BCUT2D eigenvalue weighted by Gasteiger charge is -2.03. The Balaban J connectivity index is 0. The number of nitrogens with one attached hydrogen (secondary N) is 1. The van der Waals surface area contributed by atoms with E-state index < -0.39 is 11.9 Å². The molecule has 7 nitrogen and oxygen atoms in total. The maximum absolute atomic E-state index is 10.7. The molecule has 0 aromatic heterocycles. The molecule has 0 atom stereocenters. The van der Waals surface area contributed by atoms with Crippen LogP contribution in [-0.4, -0.2) is 44.2 Å². The molecule has 0 fully saturated rings. The summed E-state index contributed by atoms with van der Waals surface area (Å²) in [5.41, 5.74) is 0. The van der Waals surface area contributed by atoms with Gasteiger partial charge >= 0.3 is 18.5 Å². The molecule has 19 heavy (non-hydrogen) atoms. The second kappa shape index (κ2) is 14.0. The van der Waals surface area contributed by atoms with Crippen LogP contribution in [-0.2, 0) is 23.8 Å². The first-order chi connectivity index (χ1) is 9.01. The number of esters is 2. The van der Waals surface area contributed by atoms with Crippen molar-refractivity contribution < 1.29 is 23.8 Å². The minimum absolute atomic E-state index is 0.0362. The van der Waals surface area contributed by atoms with Crippen LogP contribution in [0.25, 0.3) is 4.85 Å². The lowest BCUT2D eigenvalue weighted by atomic mass is 10.4. The molecule has 0 radical (unpaired) electrons. The first kappa shape index (κ1) is 19.2. The summed E-state index contributed by atoms with van der Waals surface area (Å²) >= 11 is 0. The highest BCUT2D eigenvalue weighted by atomic mass is 16.5. The van der Waals surface area contributed by atoms with Gasteiger partial charge < -0.3 is 19.1 Å². The molecule has 0 aromatic carbocycles. The molecule has 0 aliphatic rings. The van der Waals surface area contributed by atoms with Crippen molar-refractivity contribution in [1.82, 2.24) is 0 Å². The molecule has 1 N–H and O–H groups in total. The van der Waals surface area contributed by atoms with Crippen molar-refractivity contribution in [2.24, 2.45) is 0 Å². The summed E-state index contributed by atoms with van der Waals surface area (Å²) in [4.78, 5) is 23.7. The first-order valence-corrected chi connectivity index (χ1v) is 5.86. The van der Waals surface area contributed by atoms with E-state index in [1.165, 1.54) is 0 Å². The molecule has 0 aliphatic carbocycles. The van der Waals surface area contributed by atoms with Gasteiger partial charge in [0.2, 0.25) is 0 Å². The molecule has 0 aromatic rings. The number of rotatable bonds is 6. The van der Waals surface area contributed by atoms with Gasteiger partial charge in [0.25, 0.3) is 0 Å². The van der Waals surface area contributed by atoms with Crippen LogP contribution in [0.15, 0.2) is 0 Å². The van der Waals surface area contributed by atoms with Gasteiger partial charge in [0.05, 0.1) is 19.8 Å². The Hall–Kier alpha value is -2.10. The van der Waals surface area contributed by atoms with Crippen LogP contribution in [0, 0.1) is 12.0 Å².